The molecule has 0 aliphatic rings. The van der Waals surface area contributed by atoms with Crippen molar-refractivity contribution in [2.45, 2.75) is 13.8 Å². The van der Waals surface area contributed by atoms with Gasteiger partial charge in [-0.2, -0.15) is 9.80 Å². The van der Waals surface area contributed by atoms with Crippen molar-refractivity contribution in [1.82, 2.24) is 14.8 Å². The van der Waals surface area contributed by atoms with Gasteiger partial charge in [0.2, 0.25) is 5.13 Å². The lowest BCUT2D eigenvalue weighted by Gasteiger charge is -1.97. The number of H-pyrrole nitrogens is 1. The van der Waals surface area contributed by atoms with Gasteiger partial charge in [-0.3, -0.25) is 9.89 Å². The summed E-state index contributed by atoms with van der Waals surface area (Å²) in [4.78, 5) is 17.4. The maximum atomic E-state index is 12.8. The summed E-state index contributed by atoms with van der Waals surface area (Å²) in [6.07, 6.45) is 0. The molecule has 0 saturated heterocycles. The van der Waals surface area contributed by atoms with E-state index in [1.54, 1.807) is 6.92 Å². The predicted molar refractivity (Wildman–Crippen MR) is 115 cm³/mol. The van der Waals surface area contributed by atoms with Crippen LogP contribution in [0.15, 0.2) is 73.4 Å². The normalized spacial score (nSPS) is 11.4. The molecule has 2 heterocycles. The van der Waals surface area contributed by atoms with Crippen LogP contribution in [0.3, 0.4) is 0 Å². The number of halogens is 1. The molecule has 140 valence electrons. The van der Waals surface area contributed by atoms with Crippen molar-refractivity contribution < 1.29 is 0 Å². The Morgan fingerprint density at radius 1 is 1.04 bits per heavy atom. The standard InChI is InChI=1S/C20H16BrN5OS/c1-12-3-9-16(10-4-12)23-24-18-13(2)25-26(19(18)27)20-22-17(11-28-20)14-5-7-15(21)8-6-14/h3-11,25H,1-2H3. The number of hydrogen-bond acceptors (Lipinski definition) is 5. The van der Waals surface area contributed by atoms with E-state index in [2.05, 4.69) is 36.2 Å². The number of aromatic amines is 1. The molecule has 0 spiro atoms. The minimum Gasteiger partial charge on any atom is -0.291 e. The molecule has 6 nitrogen and oxygen atoms in total. The fraction of sp³-hybridized carbons (Fsp3) is 0.100. The van der Waals surface area contributed by atoms with Crippen LogP contribution >= 0.6 is 27.3 Å². The van der Waals surface area contributed by atoms with E-state index in [1.807, 2.05) is 60.8 Å². The van der Waals surface area contributed by atoms with Crippen LogP contribution in [0.2, 0.25) is 0 Å². The SMILES string of the molecule is Cc1ccc(N=Nc2c(C)[nH]n(-c3nc(-c4ccc(Br)cc4)cs3)c2=O)cc1. The number of aryl methyl sites for hydroxylation is 2. The second-order valence-corrected chi connectivity index (χ2v) is 8.04. The predicted octanol–water partition coefficient (Wildman–Crippen LogP) is 6.08. The molecule has 1 N–H and O–H groups in total. The summed E-state index contributed by atoms with van der Waals surface area (Å²) in [5.41, 5.74) is 4.29. The highest BCUT2D eigenvalue weighted by Gasteiger charge is 2.15. The van der Waals surface area contributed by atoms with Gasteiger partial charge in [0.15, 0.2) is 5.69 Å². The number of benzene rings is 2. The minimum absolute atomic E-state index is 0.273. The van der Waals surface area contributed by atoms with Crippen molar-refractivity contribution in [2.75, 3.05) is 0 Å². The molecule has 2 aromatic carbocycles. The summed E-state index contributed by atoms with van der Waals surface area (Å²) in [7, 11) is 0. The van der Waals surface area contributed by atoms with E-state index in [9.17, 15) is 4.79 Å². The summed E-state index contributed by atoms with van der Waals surface area (Å²) in [5, 5.41) is 13.9. The largest absolute Gasteiger partial charge is 0.301 e. The van der Waals surface area contributed by atoms with Crippen LogP contribution in [0.1, 0.15) is 11.3 Å². The molecule has 4 rings (SSSR count). The topological polar surface area (TPSA) is 75.4 Å². The molecule has 0 saturated carbocycles. The summed E-state index contributed by atoms with van der Waals surface area (Å²) in [6, 6.07) is 15.5. The van der Waals surface area contributed by atoms with Gasteiger partial charge in [0, 0.05) is 15.4 Å². The molecule has 2 aromatic heterocycles. The van der Waals surface area contributed by atoms with Gasteiger partial charge < -0.3 is 0 Å². The van der Waals surface area contributed by atoms with Gasteiger partial charge in [0.25, 0.3) is 0 Å². The van der Waals surface area contributed by atoms with Gasteiger partial charge in [-0.1, -0.05) is 45.8 Å². The minimum atomic E-state index is -0.273. The van der Waals surface area contributed by atoms with Crippen molar-refractivity contribution in [2.24, 2.45) is 10.2 Å². The lowest BCUT2D eigenvalue weighted by atomic mass is 10.2. The molecule has 0 bridgehead atoms. The zero-order valence-corrected chi connectivity index (χ0v) is 17.6. The Morgan fingerprint density at radius 3 is 2.46 bits per heavy atom. The lowest BCUT2D eigenvalue weighted by Crippen LogP contribution is -2.13. The Labute approximate surface area is 173 Å². The summed E-state index contributed by atoms with van der Waals surface area (Å²) in [6.45, 7) is 3.80. The van der Waals surface area contributed by atoms with E-state index in [4.69, 9.17) is 0 Å². The first kappa shape index (κ1) is 18.5. The third-order valence-corrected chi connectivity index (χ3v) is 5.52. The zero-order valence-electron chi connectivity index (χ0n) is 15.2. The van der Waals surface area contributed by atoms with Crippen molar-refractivity contribution >= 4 is 38.6 Å². The van der Waals surface area contributed by atoms with E-state index >= 15 is 0 Å². The van der Waals surface area contributed by atoms with Gasteiger partial charge in [-0.15, -0.1) is 16.5 Å². The highest BCUT2D eigenvalue weighted by molar-refractivity contribution is 9.10. The van der Waals surface area contributed by atoms with Crippen molar-refractivity contribution in [3.8, 4) is 16.4 Å². The van der Waals surface area contributed by atoms with E-state index < -0.39 is 0 Å². The van der Waals surface area contributed by atoms with E-state index in [-0.39, 0.29) is 11.2 Å². The first-order valence-electron chi connectivity index (χ1n) is 8.53. The number of nitrogens with one attached hydrogen (secondary N) is 1. The smallest absolute Gasteiger partial charge is 0.291 e. The molecule has 0 aliphatic heterocycles. The second-order valence-electron chi connectivity index (χ2n) is 6.28. The van der Waals surface area contributed by atoms with Crippen LogP contribution in [0, 0.1) is 13.8 Å². The zero-order chi connectivity index (χ0) is 19.7. The Hall–Kier alpha value is -2.84. The Bertz CT molecular complexity index is 1200. The van der Waals surface area contributed by atoms with Gasteiger partial charge in [-0.05, 0) is 38.1 Å². The van der Waals surface area contributed by atoms with Crippen LogP contribution in [0.25, 0.3) is 16.4 Å². The number of hydrogen-bond donors (Lipinski definition) is 1. The average molecular weight is 454 g/mol. The van der Waals surface area contributed by atoms with Gasteiger partial charge in [0.05, 0.1) is 17.1 Å². The monoisotopic (exact) mass is 453 g/mol. The van der Waals surface area contributed by atoms with E-state index in [0.717, 1.165) is 21.3 Å². The Kier molecular flexibility index (Phi) is 5.06. The van der Waals surface area contributed by atoms with Crippen LogP contribution in [0.5, 0.6) is 0 Å². The highest BCUT2D eigenvalue weighted by atomic mass is 79.9. The fourth-order valence-electron chi connectivity index (χ4n) is 2.63. The third-order valence-electron chi connectivity index (χ3n) is 4.16. The number of thiazole rings is 1. The summed E-state index contributed by atoms with van der Waals surface area (Å²) < 4.78 is 2.41. The van der Waals surface area contributed by atoms with E-state index in [1.165, 1.54) is 16.0 Å². The average Bonchev–Trinajstić information content (AvgIpc) is 3.27. The molecule has 4 aromatic rings. The van der Waals surface area contributed by atoms with Crippen LogP contribution in [-0.2, 0) is 0 Å². The Balaban J connectivity index is 1.65. The lowest BCUT2D eigenvalue weighted by molar-refractivity contribution is 0.827. The molecule has 0 aliphatic carbocycles. The van der Waals surface area contributed by atoms with E-state index in [0.29, 0.717) is 16.5 Å². The van der Waals surface area contributed by atoms with Crippen molar-refractivity contribution in [1.29, 1.82) is 0 Å². The van der Waals surface area contributed by atoms with Crippen LogP contribution < -0.4 is 5.56 Å². The van der Waals surface area contributed by atoms with Crippen molar-refractivity contribution in [3.63, 3.8) is 0 Å². The molecule has 0 unspecified atom stereocenters. The molecule has 0 amide bonds. The summed E-state index contributed by atoms with van der Waals surface area (Å²) in [5.74, 6) is 0. The van der Waals surface area contributed by atoms with Crippen LogP contribution in [0.4, 0.5) is 11.4 Å². The van der Waals surface area contributed by atoms with Crippen molar-refractivity contribution in [3.05, 3.63) is 80.0 Å². The second kappa shape index (κ2) is 7.65. The maximum Gasteiger partial charge on any atom is 0.301 e. The molecule has 0 radical (unpaired) electrons. The van der Waals surface area contributed by atoms with Crippen LogP contribution in [-0.4, -0.2) is 14.8 Å². The maximum absolute atomic E-state index is 12.8. The van der Waals surface area contributed by atoms with Gasteiger partial charge in [-0.25, -0.2) is 4.98 Å². The van der Waals surface area contributed by atoms with Gasteiger partial charge in [0.1, 0.15) is 0 Å². The fourth-order valence-corrected chi connectivity index (χ4v) is 3.68. The molecular formula is C20H16BrN5OS. The Morgan fingerprint density at radius 2 is 1.75 bits per heavy atom. The molecule has 28 heavy (non-hydrogen) atoms. The number of azo groups is 1. The first-order chi connectivity index (χ1) is 13.5. The number of rotatable bonds is 4. The highest BCUT2D eigenvalue weighted by Crippen LogP contribution is 2.26. The molecule has 0 atom stereocenters. The molecule has 0 fully saturated rings. The third kappa shape index (κ3) is 3.74. The number of aromatic nitrogens is 3. The summed E-state index contributed by atoms with van der Waals surface area (Å²) >= 11 is 4.82. The number of nitrogens with zero attached hydrogens (tertiary/aromatic N) is 4. The molecular weight excluding hydrogens is 438 g/mol. The first-order valence-corrected chi connectivity index (χ1v) is 10.2. The quantitative estimate of drug-likeness (QED) is 0.379. The van der Waals surface area contributed by atoms with Gasteiger partial charge >= 0.3 is 5.56 Å². The molecule has 8 heteroatoms.